The van der Waals surface area contributed by atoms with Gasteiger partial charge in [-0.25, -0.2) is 0 Å². The van der Waals surface area contributed by atoms with Crippen LogP contribution in [0.5, 0.6) is 0 Å². The van der Waals surface area contributed by atoms with Crippen LogP contribution in [0.1, 0.15) is 43.0 Å². The van der Waals surface area contributed by atoms with E-state index in [4.69, 9.17) is 4.99 Å². The lowest BCUT2D eigenvalue weighted by Crippen LogP contribution is -2.28. The molecule has 1 heterocycles. The summed E-state index contributed by atoms with van der Waals surface area (Å²) >= 11 is 1.39. The predicted molar refractivity (Wildman–Crippen MR) is 138 cm³/mol. The van der Waals surface area contributed by atoms with Crippen LogP contribution in [0, 0.1) is 0 Å². The van der Waals surface area contributed by atoms with Gasteiger partial charge in [-0.2, -0.15) is 0 Å². The molecule has 5 heteroatoms. The van der Waals surface area contributed by atoms with E-state index < -0.39 is 0 Å². The Morgan fingerprint density at radius 3 is 2.15 bits per heavy atom. The fourth-order valence-corrected chi connectivity index (χ4v) is 4.50. The zero-order chi connectivity index (χ0) is 23.4. The summed E-state index contributed by atoms with van der Waals surface area (Å²) in [6.07, 6.45) is 1.88. The molecule has 1 aliphatic rings. The molecule has 168 valence electrons. The van der Waals surface area contributed by atoms with Gasteiger partial charge in [0.1, 0.15) is 0 Å². The number of thioether (sulfide) groups is 1. The third kappa shape index (κ3) is 5.44. The van der Waals surface area contributed by atoms with Gasteiger partial charge in [0.15, 0.2) is 5.17 Å². The van der Waals surface area contributed by atoms with E-state index >= 15 is 0 Å². The van der Waals surface area contributed by atoms with Crippen molar-refractivity contribution in [3.05, 3.63) is 106 Å². The zero-order valence-corrected chi connectivity index (χ0v) is 20.0. The molecule has 1 saturated heterocycles. The summed E-state index contributed by atoms with van der Waals surface area (Å²) in [5.41, 5.74) is 5.05. The lowest BCUT2D eigenvalue weighted by Gasteiger charge is -2.19. The maximum absolute atomic E-state index is 13.3. The molecule has 0 saturated carbocycles. The first-order valence-corrected chi connectivity index (χ1v) is 11.8. The first-order valence-electron chi connectivity index (χ1n) is 11.0. The van der Waals surface area contributed by atoms with Crippen LogP contribution < -0.4 is 4.90 Å². The van der Waals surface area contributed by atoms with Crippen LogP contribution in [0.4, 0.5) is 5.69 Å². The van der Waals surface area contributed by atoms with Gasteiger partial charge in [-0.3, -0.25) is 14.7 Å². The van der Waals surface area contributed by atoms with Crippen LogP contribution in [0.25, 0.3) is 6.08 Å². The van der Waals surface area contributed by atoms with Crippen molar-refractivity contribution in [2.24, 2.45) is 4.99 Å². The lowest BCUT2D eigenvalue weighted by atomic mass is 9.87. The number of carbonyl (C=O) groups is 1. The summed E-state index contributed by atoms with van der Waals surface area (Å²) in [6.45, 7) is 7.10. The predicted octanol–water partition coefficient (Wildman–Crippen LogP) is 6.15. The highest BCUT2D eigenvalue weighted by Crippen LogP contribution is 2.36. The molecule has 4 nitrogen and oxygen atoms in total. The average Bonchev–Trinajstić information content (AvgIpc) is 3.13. The van der Waals surface area contributed by atoms with Crippen molar-refractivity contribution >= 4 is 34.6 Å². The number of hydrogen-bond donors (Lipinski definition) is 1. The second-order valence-corrected chi connectivity index (χ2v) is 10.0. The van der Waals surface area contributed by atoms with E-state index in [9.17, 15) is 9.90 Å². The Hall–Kier alpha value is -3.15. The van der Waals surface area contributed by atoms with E-state index in [0.717, 1.165) is 22.4 Å². The van der Waals surface area contributed by atoms with Crippen molar-refractivity contribution in [2.75, 3.05) is 4.90 Å². The molecule has 0 atom stereocenters. The quantitative estimate of drug-likeness (QED) is 0.468. The maximum atomic E-state index is 13.3. The minimum atomic E-state index is -0.0840. The fourth-order valence-electron chi connectivity index (χ4n) is 3.52. The highest BCUT2D eigenvalue weighted by atomic mass is 32.2. The number of aliphatic hydroxyl groups excluding tert-OH is 1. The molecule has 0 aromatic heterocycles. The first-order chi connectivity index (χ1) is 15.8. The summed E-state index contributed by atoms with van der Waals surface area (Å²) < 4.78 is 0. The van der Waals surface area contributed by atoms with E-state index in [1.807, 2.05) is 60.7 Å². The molecule has 4 rings (SSSR count). The summed E-state index contributed by atoms with van der Waals surface area (Å²) in [4.78, 5) is 20.5. The average molecular weight is 457 g/mol. The maximum Gasteiger partial charge on any atom is 0.271 e. The molecule has 0 radical (unpaired) electrons. The number of rotatable bonds is 5. The van der Waals surface area contributed by atoms with Gasteiger partial charge in [0.25, 0.3) is 5.91 Å². The molecule has 0 aliphatic carbocycles. The summed E-state index contributed by atoms with van der Waals surface area (Å²) in [5, 5.41) is 9.93. The smallest absolute Gasteiger partial charge is 0.271 e. The van der Waals surface area contributed by atoms with E-state index in [1.54, 1.807) is 4.90 Å². The summed E-state index contributed by atoms with van der Waals surface area (Å²) in [5.74, 6) is -0.0840. The van der Waals surface area contributed by atoms with E-state index in [-0.39, 0.29) is 17.9 Å². The molecule has 1 N–H and O–H groups in total. The number of aliphatic imine (C=N–C) groups is 1. The second kappa shape index (κ2) is 9.77. The van der Waals surface area contributed by atoms with E-state index in [0.29, 0.717) is 16.6 Å². The molecule has 3 aromatic rings. The number of carbonyl (C=O) groups excluding carboxylic acids is 1. The number of benzene rings is 3. The number of aliphatic hydroxyl groups is 1. The Kier molecular flexibility index (Phi) is 6.82. The van der Waals surface area contributed by atoms with Crippen LogP contribution in [-0.2, 0) is 23.4 Å². The molecule has 1 fully saturated rings. The van der Waals surface area contributed by atoms with Crippen molar-refractivity contribution in [3.63, 3.8) is 0 Å². The first kappa shape index (κ1) is 23.0. The highest BCUT2D eigenvalue weighted by Gasteiger charge is 2.34. The van der Waals surface area contributed by atoms with Gasteiger partial charge in [-0.1, -0.05) is 87.5 Å². The molecule has 1 aliphatic heterocycles. The minimum Gasteiger partial charge on any atom is -0.392 e. The Labute approximate surface area is 199 Å². The van der Waals surface area contributed by atoms with Gasteiger partial charge in [0.05, 0.1) is 23.7 Å². The van der Waals surface area contributed by atoms with Crippen molar-refractivity contribution in [3.8, 4) is 0 Å². The minimum absolute atomic E-state index is 0.000144. The van der Waals surface area contributed by atoms with Gasteiger partial charge in [-0.05, 0) is 57.6 Å². The Bertz CT molecular complexity index is 1180. The van der Waals surface area contributed by atoms with Gasteiger partial charge in [-0.15, -0.1) is 0 Å². The highest BCUT2D eigenvalue weighted by molar-refractivity contribution is 8.19. The number of nitrogens with zero attached hydrogens (tertiary/aromatic N) is 2. The normalized spacial score (nSPS) is 16.7. The van der Waals surface area contributed by atoms with Gasteiger partial charge < -0.3 is 5.11 Å². The van der Waals surface area contributed by atoms with Crippen LogP contribution in [0.3, 0.4) is 0 Å². The van der Waals surface area contributed by atoms with Crippen LogP contribution in [0.2, 0.25) is 0 Å². The molecule has 3 aromatic carbocycles. The lowest BCUT2D eigenvalue weighted by molar-refractivity contribution is -0.113. The second-order valence-electron chi connectivity index (χ2n) is 9.03. The van der Waals surface area contributed by atoms with Gasteiger partial charge in [0, 0.05) is 0 Å². The molecule has 0 bridgehead atoms. The topological polar surface area (TPSA) is 52.9 Å². The van der Waals surface area contributed by atoms with Crippen molar-refractivity contribution in [2.45, 2.75) is 39.3 Å². The van der Waals surface area contributed by atoms with Crippen LogP contribution in [-0.4, -0.2) is 16.2 Å². The van der Waals surface area contributed by atoms with Crippen LogP contribution >= 0.6 is 11.8 Å². The number of para-hydroxylation sites is 1. The van der Waals surface area contributed by atoms with Crippen molar-refractivity contribution in [1.82, 2.24) is 0 Å². The fraction of sp³-hybridized carbons (Fsp3) is 0.214. The van der Waals surface area contributed by atoms with Gasteiger partial charge in [0.2, 0.25) is 0 Å². The Morgan fingerprint density at radius 2 is 1.55 bits per heavy atom. The molecular formula is C28H28N2O2S. The summed E-state index contributed by atoms with van der Waals surface area (Å²) in [7, 11) is 0. The zero-order valence-electron chi connectivity index (χ0n) is 19.2. The summed E-state index contributed by atoms with van der Waals surface area (Å²) in [6, 6.07) is 25.7. The number of amidine groups is 1. The largest absolute Gasteiger partial charge is 0.392 e. The molecule has 1 amide bonds. The molecule has 33 heavy (non-hydrogen) atoms. The van der Waals surface area contributed by atoms with E-state index in [1.165, 1.54) is 17.3 Å². The molecule has 0 spiro atoms. The number of amides is 1. The number of anilines is 1. The molecule has 0 unspecified atom stereocenters. The SMILES string of the molecule is CC(C)(C)c1ccc(CN=C2SC(=Cc3ccc(CO)cc3)C(=O)N2c2ccccc2)cc1. The Morgan fingerprint density at radius 1 is 0.909 bits per heavy atom. The van der Waals surface area contributed by atoms with Crippen molar-refractivity contribution < 1.29 is 9.90 Å². The number of hydrogen-bond acceptors (Lipinski definition) is 4. The standard InChI is InChI=1S/C28H28N2O2S/c1-28(2,3)23-15-13-21(14-16-23)18-29-27-30(24-7-5-4-6-8-24)26(32)25(33-27)17-20-9-11-22(19-31)12-10-20/h4-17,31H,18-19H2,1-3H3. The van der Waals surface area contributed by atoms with Gasteiger partial charge >= 0.3 is 0 Å². The van der Waals surface area contributed by atoms with E-state index in [2.05, 4.69) is 45.0 Å². The van der Waals surface area contributed by atoms with Crippen LogP contribution in [0.15, 0.2) is 88.8 Å². The van der Waals surface area contributed by atoms with Crippen molar-refractivity contribution in [1.29, 1.82) is 0 Å². The third-order valence-electron chi connectivity index (χ3n) is 5.50. The monoisotopic (exact) mass is 456 g/mol. The Balaban J connectivity index is 1.62. The third-order valence-corrected chi connectivity index (χ3v) is 6.50. The molecular weight excluding hydrogens is 428 g/mol.